The molecule has 0 amide bonds. The normalized spacial score (nSPS) is 23.1. The van der Waals surface area contributed by atoms with Gasteiger partial charge < -0.3 is 5.11 Å². The highest BCUT2D eigenvalue weighted by molar-refractivity contribution is 7.99. The van der Waals surface area contributed by atoms with Crippen LogP contribution < -0.4 is 0 Å². The van der Waals surface area contributed by atoms with Gasteiger partial charge in [0, 0.05) is 5.41 Å². The van der Waals surface area contributed by atoms with Gasteiger partial charge in [0.2, 0.25) is 0 Å². The molecule has 0 aromatic carbocycles. The first-order valence-corrected chi connectivity index (χ1v) is 5.06. The van der Waals surface area contributed by atoms with Gasteiger partial charge in [-0.05, 0) is 24.3 Å². The number of ketones is 1. The number of hydrogen-bond donors (Lipinski definition) is 1. The van der Waals surface area contributed by atoms with Crippen molar-refractivity contribution in [3.8, 4) is 0 Å². The summed E-state index contributed by atoms with van der Waals surface area (Å²) in [6.07, 6.45) is 1.86. The number of aliphatic hydroxyl groups excluding tert-OH is 1. The highest BCUT2D eigenvalue weighted by Crippen LogP contribution is 2.34. The van der Waals surface area contributed by atoms with Crippen molar-refractivity contribution >= 4 is 17.5 Å². The average molecular weight is 174 g/mol. The fourth-order valence-corrected chi connectivity index (χ4v) is 2.69. The van der Waals surface area contributed by atoms with E-state index in [1.54, 1.807) is 0 Å². The van der Waals surface area contributed by atoms with E-state index in [2.05, 4.69) is 0 Å². The summed E-state index contributed by atoms with van der Waals surface area (Å²) in [5.41, 5.74) is -0.222. The van der Waals surface area contributed by atoms with Gasteiger partial charge in [-0.25, -0.2) is 0 Å². The van der Waals surface area contributed by atoms with E-state index in [0.29, 0.717) is 0 Å². The first kappa shape index (κ1) is 9.07. The Hall–Kier alpha value is -0.0200. The third kappa shape index (κ3) is 1.97. The molecule has 64 valence electrons. The molecule has 0 saturated carbocycles. The minimum absolute atomic E-state index is 0.0119. The van der Waals surface area contributed by atoms with Crippen LogP contribution in [-0.2, 0) is 4.79 Å². The summed E-state index contributed by atoms with van der Waals surface area (Å²) in [5.74, 6) is 2.13. The summed E-state index contributed by atoms with van der Waals surface area (Å²) >= 11 is 1.89. The number of Topliss-reactive ketones (excluding diaryl/α,β-unsaturated/α-hetero) is 1. The van der Waals surface area contributed by atoms with E-state index in [4.69, 9.17) is 5.11 Å². The lowest BCUT2D eigenvalue weighted by Crippen LogP contribution is -2.33. The molecule has 1 heterocycles. The molecular formula is C8H14O2S. The van der Waals surface area contributed by atoms with Gasteiger partial charge >= 0.3 is 0 Å². The maximum atomic E-state index is 11.2. The molecule has 0 radical (unpaired) electrons. The Labute approximate surface area is 71.4 Å². The molecule has 0 bridgehead atoms. The van der Waals surface area contributed by atoms with Crippen LogP contribution in [0.5, 0.6) is 0 Å². The molecule has 0 unspecified atom stereocenters. The van der Waals surface area contributed by atoms with Gasteiger partial charge in [-0.15, -0.1) is 0 Å². The lowest BCUT2D eigenvalue weighted by atomic mass is 9.80. The van der Waals surface area contributed by atoms with E-state index in [1.165, 1.54) is 0 Å². The first-order valence-electron chi connectivity index (χ1n) is 3.91. The van der Waals surface area contributed by atoms with Crippen molar-refractivity contribution in [1.29, 1.82) is 0 Å². The molecule has 1 saturated heterocycles. The van der Waals surface area contributed by atoms with Crippen LogP contribution in [0.25, 0.3) is 0 Å². The predicted octanol–water partition coefficient (Wildman–Crippen LogP) is 1.08. The van der Waals surface area contributed by atoms with Gasteiger partial charge in [-0.3, -0.25) is 4.79 Å². The zero-order valence-corrected chi connectivity index (χ0v) is 7.62. The quantitative estimate of drug-likeness (QED) is 0.680. The second-order valence-electron chi connectivity index (χ2n) is 3.25. The standard InChI is InChI=1S/C8H14O2S/c1-8(7(10)6-9)2-4-11-5-3-8/h9H,2-6H2,1H3. The molecule has 0 aromatic rings. The molecular weight excluding hydrogens is 160 g/mol. The van der Waals surface area contributed by atoms with Crippen molar-refractivity contribution in [1.82, 2.24) is 0 Å². The molecule has 3 heteroatoms. The Bertz CT molecular complexity index is 150. The summed E-state index contributed by atoms with van der Waals surface area (Å²) < 4.78 is 0. The monoisotopic (exact) mass is 174 g/mol. The molecule has 1 N–H and O–H groups in total. The van der Waals surface area contributed by atoms with Crippen LogP contribution >= 0.6 is 11.8 Å². The van der Waals surface area contributed by atoms with Crippen LogP contribution in [0.3, 0.4) is 0 Å². The van der Waals surface area contributed by atoms with Crippen LogP contribution in [0.15, 0.2) is 0 Å². The fourth-order valence-electron chi connectivity index (χ4n) is 1.29. The Kier molecular flexibility index (Phi) is 2.96. The van der Waals surface area contributed by atoms with Crippen LogP contribution in [0.4, 0.5) is 0 Å². The van der Waals surface area contributed by atoms with Gasteiger partial charge in [-0.1, -0.05) is 6.92 Å². The smallest absolute Gasteiger partial charge is 0.164 e. The summed E-state index contributed by atoms with van der Waals surface area (Å²) in [4.78, 5) is 11.2. The number of aliphatic hydroxyl groups is 1. The number of carbonyl (C=O) groups is 1. The summed E-state index contributed by atoms with van der Waals surface area (Å²) in [6, 6.07) is 0. The molecule has 11 heavy (non-hydrogen) atoms. The Balaban J connectivity index is 2.56. The van der Waals surface area contributed by atoms with E-state index in [1.807, 2.05) is 18.7 Å². The van der Waals surface area contributed by atoms with Crippen molar-refractivity contribution in [2.24, 2.45) is 5.41 Å². The topological polar surface area (TPSA) is 37.3 Å². The molecule has 1 aliphatic rings. The highest BCUT2D eigenvalue weighted by atomic mass is 32.2. The first-order chi connectivity index (χ1) is 5.19. The zero-order valence-electron chi connectivity index (χ0n) is 6.80. The van der Waals surface area contributed by atoms with E-state index >= 15 is 0 Å². The van der Waals surface area contributed by atoms with Crippen LogP contribution in [0.2, 0.25) is 0 Å². The van der Waals surface area contributed by atoms with Crippen molar-refractivity contribution in [3.63, 3.8) is 0 Å². The Morgan fingerprint density at radius 2 is 2.09 bits per heavy atom. The largest absolute Gasteiger partial charge is 0.389 e. The van der Waals surface area contributed by atoms with Crippen molar-refractivity contribution in [2.45, 2.75) is 19.8 Å². The molecule has 0 aromatic heterocycles. The summed E-state index contributed by atoms with van der Waals surface area (Å²) in [6.45, 7) is 1.67. The molecule has 2 nitrogen and oxygen atoms in total. The average Bonchev–Trinajstić information content (AvgIpc) is 2.04. The molecule has 1 rings (SSSR count). The number of rotatable bonds is 2. The van der Waals surface area contributed by atoms with Gasteiger partial charge in [0.1, 0.15) is 6.61 Å². The van der Waals surface area contributed by atoms with Crippen molar-refractivity contribution in [3.05, 3.63) is 0 Å². The van der Waals surface area contributed by atoms with Crippen LogP contribution in [0.1, 0.15) is 19.8 Å². The maximum Gasteiger partial charge on any atom is 0.164 e. The summed E-state index contributed by atoms with van der Waals surface area (Å²) in [7, 11) is 0. The SMILES string of the molecule is CC1(C(=O)CO)CCSCC1. The lowest BCUT2D eigenvalue weighted by molar-refractivity contribution is -0.131. The van der Waals surface area contributed by atoms with Gasteiger partial charge in [0.15, 0.2) is 5.78 Å². The van der Waals surface area contributed by atoms with Crippen molar-refractivity contribution < 1.29 is 9.90 Å². The Morgan fingerprint density at radius 1 is 1.55 bits per heavy atom. The number of carbonyl (C=O) groups excluding carboxylic acids is 1. The van der Waals surface area contributed by atoms with E-state index < -0.39 is 0 Å². The van der Waals surface area contributed by atoms with E-state index in [-0.39, 0.29) is 17.8 Å². The number of thioether (sulfide) groups is 1. The minimum Gasteiger partial charge on any atom is -0.389 e. The highest BCUT2D eigenvalue weighted by Gasteiger charge is 2.33. The predicted molar refractivity (Wildman–Crippen MR) is 46.8 cm³/mol. The van der Waals surface area contributed by atoms with E-state index in [0.717, 1.165) is 24.3 Å². The fraction of sp³-hybridized carbons (Fsp3) is 0.875. The van der Waals surface area contributed by atoms with Crippen molar-refractivity contribution in [2.75, 3.05) is 18.1 Å². The molecule has 0 aliphatic carbocycles. The molecule has 0 spiro atoms. The molecule has 0 atom stereocenters. The second-order valence-corrected chi connectivity index (χ2v) is 4.48. The van der Waals surface area contributed by atoms with Gasteiger partial charge in [0.25, 0.3) is 0 Å². The third-order valence-electron chi connectivity index (χ3n) is 2.41. The van der Waals surface area contributed by atoms with Crippen LogP contribution in [0, 0.1) is 5.41 Å². The summed E-state index contributed by atoms with van der Waals surface area (Å²) in [5, 5.41) is 8.70. The number of hydrogen-bond acceptors (Lipinski definition) is 3. The molecule has 1 aliphatic heterocycles. The molecule has 1 fully saturated rings. The minimum atomic E-state index is -0.291. The maximum absolute atomic E-state index is 11.2. The lowest BCUT2D eigenvalue weighted by Gasteiger charge is -2.30. The zero-order chi connectivity index (χ0) is 8.32. The van der Waals surface area contributed by atoms with Gasteiger partial charge in [0.05, 0.1) is 0 Å². The van der Waals surface area contributed by atoms with Crippen LogP contribution in [-0.4, -0.2) is 29.0 Å². The van der Waals surface area contributed by atoms with Gasteiger partial charge in [-0.2, -0.15) is 11.8 Å². The Morgan fingerprint density at radius 3 is 2.55 bits per heavy atom. The third-order valence-corrected chi connectivity index (χ3v) is 3.40. The van der Waals surface area contributed by atoms with E-state index in [9.17, 15) is 4.79 Å². The second kappa shape index (κ2) is 3.59.